The van der Waals surface area contributed by atoms with E-state index in [2.05, 4.69) is 4.98 Å². The maximum absolute atomic E-state index is 13.2. The molecule has 3 heterocycles. The number of aromatic amines is 1. The van der Waals surface area contributed by atoms with Gasteiger partial charge in [-0.2, -0.15) is 0 Å². The first-order chi connectivity index (χ1) is 14.1. The lowest BCUT2D eigenvalue weighted by Gasteiger charge is -2.31. The number of fused-ring (bicyclic) bond motifs is 2. The van der Waals surface area contributed by atoms with E-state index in [9.17, 15) is 9.59 Å². The first-order valence-corrected chi connectivity index (χ1v) is 9.94. The fourth-order valence-electron chi connectivity index (χ4n) is 4.28. The number of imidazole rings is 1. The average Bonchev–Trinajstić information content (AvgIpc) is 3.20. The van der Waals surface area contributed by atoms with Gasteiger partial charge in [-0.3, -0.25) is 9.59 Å². The van der Waals surface area contributed by atoms with Gasteiger partial charge >= 0.3 is 0 Å². The van der Waals surface area contributed by atoms with Gasteiger partial charge in [0.1, 0.15) is 5.82 Å². The number of amides is 1. The Morgan fingerprint density at radius 1 is 1.07 bits per heavy atom. The summed E-state index contributed by atoms with van der Waals surface area (Å²) in [5.74, 6) is 1.24. The zero-order chi connectivity index (χ0) is 20.0. The molecular weight excluding hydrogens is 364 g/mol. The van der Waals surface area contributed by atoms with Gasteiger partial charge < -0.3 is 14.5 Å². The quantitative estimate of drug-likeness (QED) is 0.574. The summed E-state index contributed by atoms with van der Waals surface area (Å²) in [6.45, 7) is 1.31. The summed E-state index contributed by atoms with van der Waals surface area (Å²) in [6.07, 6.45) is 1.71. The standard InChI is InChI=1S/C23H22N4O2/c1-26-20-9-5-2-6-16(20)17(14-21(26)28)23(29)27-12-10-15(11-13-27)22-24-18-7-3-4-8-19(18)25-22/h2-9,14-15H,10-13H2,1H3,(H,24,25). The van der Waals surface area contributed by atoms with Crippen LogP contribution in [0.15, 0.2) is 59.4 Å². The second-order valence-corrected chi connectivity index (χ2v) is 7.68. The van der Waals surface area contributed by atoms with E-state index in [1.54, 1.807) is 11.6 Å². The molecule has 1 saturated heterocycles. The number of nitrogens with zero attached hydrogens (tertiary/aromatic N) is 3. The highest BCUT2D eigenvalue weighted by atomic mass is 16.2. The number of likely N-dealkylation sites (tertiary alicyclic amines) is 1. The predicted molar refractivity (Wildman–Crippen MR) is 113 cm³/mol. The number of hydrogen-bond donors (Lipinski definition) is 1. The van der Waals surface area contributed by atoms with Crippen LogP contribution >= 0.6 is 0 Å². The second-order valence-electron chi connectivity index (χ2n) is 7.68. The maximum Gasteiger partial charge on any atom is 0.254 e. The van der Waals surface area contributed by atoms with Gasteiger partial charge in [-0.1, -0.05) is 30.3 Å². The van der Waals surface area contributed by atoms with Gasteiger partial charge in [0.2, 0.25) is 0 Å². The third-order valence-corrected chi connectivity index (χ3v) is 5.96. The Kier molecular flexibility index (Phi) is 4.19. The molecule has 1 amide bonds. The van der Waals surface area contributed by atoms with Crippen molar-refractivity contribution in [2.75, 3.05) is 13.1 Å². The highest BCUT2D eigenvalue weighted by Gasteiger charge is 2.27. The third-order valence-electron chi connectivity index (χ3n) is 5.96. The van der Waals surface area contributed by atoms with Crippen molar-refractivity contribution in [1.82, 2.24) is 19.4 Å². The molecule has 0 saturated carbocycles. The zero-order valence-electron chi connectivity index (χ0n) is 16.3. The van der Waals surface area contributed by atoms with Crippen molar-refractivity contribution in [3.63, 3.8) is 0 Å². The van der Waals surface area contributed by atoms with E-state index >= 15 is 0 Å². The van der Waals surface area contributed by atoms with Crippen molar-refractivity contribution in [2.24, 2.45) is 7.05 Å². The molecule has 2 aromatic carbocycles. The lowest BCUT2D eigenvalue weighted by Crippen LogP contribution is -2.38. The first-order valence-electron chi connectivity index (χ1n) is 9.94. The molecule has 0 aliphatic carbocycles. The number of benzene rings is 2. The number of pyridine rings is 1. The molecule has 6 heteroatoms. The molecule has 0 spiro atoms. The number of carbonyl (C=O) groups is 1. The zero-order valence-corrected chi connectivity index (χ0v) is 16.3. The van der Waals surface area contributed by atoms with E-state index in [-0.39, 0.29) is 11.5 Å². The lowest BCUT2D eigenvalue weighted by molar-refractivity contribution is 0.0713. The Bertz CT molecular complexity index is 1250. The molecule has 146 valence electrons. The Balaban J connectivity index is 1.38. The normalized spacial score (nSPS) is 15.3. The molecular formula is C23H22N4O2. The van der Waals surface area contributed by atoms with Gasteiger partial charge in [0.05, 0.1) is 22.1 Å². The van der Waals surface area contributed by atoms with Gasteiger partial charge in [0.15, 0.2) is 0 Å². The van der Waals surface area contributed by atoms with Crippen molar-refractivity contribution in [1.29, 1.82) is 0 Å². The van der Waals surface area contributed by atoms with E-state index in [1.165, 1.54) is 6.07 Å². The van der Waals surface area contributed by atoms with Crippen LogP contribution in [0.5, 0.6) is 0 Å². The van der Waals surface area contributed by atoms with Crippen LogP contribution < -0.4 is 5.56 Å². The van der Waals surface area contributed by atoms with Crippen molar-refractivity contribution in [2.45, 2.75) is 18.8 Å². The summed E-state index contributed by atoms with van der Waals surface area (Å²) in [7, 11) is 1.73. The summed E-state index contributed by atoms with van der Waals surface area (Å²) >= 11 is 0. The monoisotopic (exact) mass is 386 g/mol. The van der Waals surface area contributed by atoms with Crippen LogP contribution in [0.2, 0.25) is 0 Å². The number of aryl methyl sites for hydroxylation is 1. The van der Waals surface area contributed by atoms with E-state index in [4.69, 9.17) is 4.98 Å². The van der Waals surface area contributed by atoms with Gasteiger partial charge in [0, 0.05) is 37.5 Å². The smallest absolute Gasteiger partial charge is 0.254 e. The number of rotatable bonds is 2. The number of nitrogens with one attached hydrogen (secondary N) is 1. The molecule has 1 aliphatic rings. The van der Waals surface area contributed by atoms with Gasteiger partial charge in [-0.05, 0) is 31.0 Å². The van der Waals surface area contributed by atoms with Gasteiger partial charge in [0.25, 0.3) is 11.5 Å². The topological polar surface area (TPSA) is 71.0 Å². The molecule has 1 fully saturated rings. The Morgan fingerprint density at radius 3 is 2.59 bits per heavy atom. The van der Waals surface area contributed by atoms with E-state index < -0.39 is 0 Å². The molecule has 6 nitrogen and oxygen atoms in total. The molecule has 2 aromatic heterocycles. The predicted octanol–water partition coefficient (Wildman–Crippen LogP) is 3.43. The van der Waals surface area contributed by atoms with Crippen LogP contribution in [-0.2, 0) is 7.05 Å². The molecule has 1 aliphatic heterocycles. The summed E-state index contributed by atoms with van der Waals surface area (Å²) in [5, 5.41) is 0.819. The number of carbonyl (C=O) groups excluding carboxylic acids is 1. The van der Waals surface area contributed by atoms with E-state index in [1.807, 2.05) is 53.4 Å². The highest BCUT2D eigenvalue weighted by Crippen LogP contribution is 2.29. The fourth-order valence-corrected chi connectivity index (χ4v) is 4.28. The molecule has 0 atom stereocenters. The molecule has 0 bridgehead atoms. The van der Waals surface area contributed by atoms with Crippen LogP contribution in [0, 0.1) is 0 Å². The fraction of sp³-hybridized carbons (Fsp3) is 0.261. The van der Waals surface area contributed by atoms with Crippen LogP contribution in [-0.4, -0.2) is 38.4 Å². The minimum atomic E-state index is -0.163. The molecule has 1 N–H and O–H groups in total. The molecule has 0 unspecified atom stereocenters. The van der Waals surface area contributed by atoms with Gasteiger partial charge in [-0.15, -0.1) is 0 Å². The highest BCUT2D eigenvalue weighted by molar-refractivity contribution is 6.06. The summed E-state index contributed by atoms with van der Waals surface area (Å²) < 4.78 is 1.58. The minimum absolute atomic E-state index is 0.0676. The molecule has 5 rings (SSSR count). The van der Waals surface area contributed by atoms with Crippen molar-refractivity contribution in [3.8, 4) is 0 Å². The maximum atomic E-state index is 13.2. The lowest BCUT2D eigenvalue weighted by atomic mass is 9.95. The molecule has 29 heavy (non-hydrogen) atoms. The van der Waals surface area contributed by atoms with Crippen molar-refractivity contribution in [3.05, 3.63) is 76.3 Å². The molecule has 0 radical (unpaired) electrons. The van der Waals surface area contributed by atoms with Crippen LogP contribution in [0.1, 0.15) is 34.9 Å². The molecule has 4 aromatic rings. The Morgan fingerprint density at radius 2 is 1.79 bits per heavy atom. The number of piperidine rings is 1. The summed E-state index contributed by atoms with van der Waals surface area (Å²) in [4.78, 5) is 35.6. The van der Waals surface area contributed by atoms with E-state index in [0.29, 0.717) is 24.6 Å². The van der Waals surface area contributed by atoms with E-state index in [0.717, 1.165) is 40.6 Å². The third kappa shape index (κ3) is 3.01. The second kappa shape index (κ2) is 6.88. The Labute approximate surface area is 167 Å². The van der Waals surface area contributed by atoms with Crippen LogP contribution in [0.3, 0.4) is 0 Å². The number of hydrogen-bond acceptors (Lipinski definition) is 3. The average molecular weight is 386 g/mol. The SMILES string of the molecule is Cn1c(=O)cc(C(=O)N2CCC(c3nc4ccccc4[nH]3)CC2)c2ccccc21. The van der Waals surface area contributed by atoms with Crippen LogP contribution in [0.25, 0.3) is 21.9 Å². The van der Waals surface area contributed by atoms with Crippen molar-refractivity contribution >= 4 is 27.8 Å². The largest absolute Gasteiger partial charge is 0.342 e. The number of H-pyrrole nitrogens is 1. The van der Waals surface area contributed by atoms with Crippen LogP contribution in [0.4, 0.5) is 0 Å². The summed E-state index contributed by atoms with van der Waals surface area (Å²) in [5.41, 5.74) is 3.14. The first kappa shape index (κ1) is 17.7. The Hall–Kier alpha value is -3.41. The summed E-state index contributed by atoms with van der Waals surface area (Å²) in [6, 6.07) is 17.1. The van der Waals surface area contributed by atoms with Crippen molar-refractivity contribution < 1.29 is 4.79 Å². The minimum Gasteiger partial charge on any atom is -0.342 e. The van der Waals surface area contributed by atoms with Gasteiger partial charge in [-0.25, -0.2) is 4.98 Å². The number of aromatic nitrogens is 3. The number of para-hydroxylation sites is 3.